The van der Waals surface area contributed by atoms with Crippen LogP contribution < -0.4 is 5.32 Å². The second-order valence-corrected chi connectivity index (χ2v) is 6.23. The zero-order valence-electron chi connectivity index (χ0n) is 14.2. The zero-order chi connectivity index (χ0) is 18.4. The Morgan fingerprint density at radius 1 is 1.00 bits per heavy atom. The molecule has 2 aromatic carbocycles. The van der Waals surface area contributed by atoms with Crippen LogP contribution in [0.15, 0.2) is 58.8 Å². The van der Waals surface area contributed by atoms with Crippen molar-refractivity contribution >= 4 is 29.1 Å². The predicted molar refractivity (Wildman–Crippen MR) is 93.9 cm³/mol. The standard InChI is InChI=1S/C18H19N3O4/c1-18(2,3)25-17(24)19-13-7-5-9-15(11-13)21-20-14-8-4-6-12(10-14)16(22)23/h4-11H,1-3H3,(H,19,24)(H,22,23). The Bertz CT molecular complexity index is 810. The van der Waals surface area contributed by atoms with Crippen molar-refractivity contribution in [1.82, 2.24) is 0 Å². The van der Waals surface area contributed by atoms with Gasteiger partial charge in [-0.1, -0.05) is 12.1 Å². The Kier molecular flexibility index (Phi) is 5.49. The van der Waals surface area contributed by atoms with Gasteiger partial charge in [-0.05, 0) is 57.2 Å². The van der Waals surface area contributed by atoms with Crippen molar-refractivity contribution in [2.24, 2.45) is 10.2 Å². The van der Waals surface area contributed by atoms with Gasteiger partial charge in [0.15, 0.2) is 0 Å². The average molecular weight is 341 g/mol. The average Bonchev–Trinajstić information content (AvgIpc) is 2.51. The Balaban J connectivity index is 2.10. The van der Waals surface area contributed by atoms with Gasteiger partial charge < -0.3 is 9.84 Å². The lowest BCUT2D eigenvalue weighted by Crippen LogP contribution is -2.27. The van der Waals surface area contributed by atoms with Gasteiger partial charge in [0.1, 0.15) is 5.60 Å². The fourth-order valence-corrected chi connectivity index (χ4v) is 1.88. The monoisotopic (exact) mass is 341 g/mol. The van der Waals surface area contributed by atoms with E-state index in [1.807, 2.05) is 0 Å². The third kappa shape index (κ3) is 6.06. The van der Waals surface area contributed by atoms with E-state index in [1.54, 1.807) is 57.2 Å². The van der Waals surface area contributed by atoms with Crippen LogP contribution in [0.3, 0.4) is 0 Å². The molecule has 0 fully saturated rings. The number of carbonyl (C=O) groups excluding carboxylic acids is 1. The number of carboxylic acid groups (broad SMARTS) is 1. The molecule has 0 aromatic heterocycles. The van der Waals surface area contributed by atoms with Gasteiger partial charge in [-0.15, -0.1) is 0 Å². The molecule has 25 heavy (non-hydrogen) atoms. The summed E-state index contributed by atoms with van der Waals surface area (Å²) in [7, 11) is 0. The van der Waals surface area contributed by atoms with Gasteiger partial charge >= 0.3 is 12.1 Å². The molecule has 7 nitrogen and oxygen atoms in total. The first-order valence-electron chi connectivity index (χ1n) is 7.58. The Morgan fingerprint density at radius 2 is 1.60 bits per heavy atom. The molecule has 7 heteroatoms. The minimum absolute atomic E-state index is 0.136. The van der Waals surface area contributed by atoms with Crippen molar-refractivity contribution in [1.29, 1.82) is 0 Å². The normalized spacial score (nSPS) is 11.3. The van der Waals surface area contributed by atoms with Crippen molar-refractivity contribution < 1.29 is 19.4 Å². The Morgan fingerprint density at radius 3 is 2.20 bits per heavy atom. The first kappa shape index (κ1) is 18.1. The first-order chi connectivity index (χ1) is 11.7. The summed E-state index contributed by atoms with van der Waals surface area (Å²) in [5, 5.41) is 19.7. The van der Waals surface area contributed by atoms with Crippen LogP contribution in [0.1, 0.15) is 31.1 Å². The van der Waals surface area contributed by atoms with Gasteiger partial charge in [-0.3, -0.25) is 5.32 Å². The summed E-state index contributed by atoms with van der Waals surface area (Å²) in [6.45, 7) is 5.34. The molecule has 2 aromatic rings. The Labute approximate surface area is 145 Å². The zero-order valence-corrected chi connectivity index (χ0v) is 14.2. The van der Waals surface area contributed by atoms with Crippen molar-refractivity contribution in [3.63, 3.8) is 0 Å². The van der Waals surface area contributed by atoms with E-state index in [4.69, 9.17) is 9.84 Å². The number of aromatic carboxylic acids is 1. The van der Waals surface area contributed by atoms with E-state index in [-0.39, 0.29) is 5.56 Å². The lowest BCUT2D eigenvalue weighted by molar-refractivity contribution is 0.0634. The highest BCUT2D eigenvalue weighted by Gasteiger charge is 2.16. The quantitative estimate of drug-likeness (QED) is 0.751. The highest BCUT2D eigenvalue weighted by molar-refractivity contribution is 5.88. The minimum Gasteiger partial charge on any atom is -0.478 e. The number of rotatable bonds is 4. The van der Waals surface area contributed by atoms with E-state index < -0.39 is 17.7 Å². The van der Waals surface area contributed by atoms with E-state index in [1.165, 1.54) is 12.1 Å². The summed E-state index contributed by atoms with van der Waals surface area (Å²) in [6, 6.07) is 12.9. The molecule has 0 atom stereocenters. The molecule has 2 N–H and O–H groups in total. The number of carboxylic acids is 1. The van der Waals surface area contributed by atoms with Crippen LogP contribution in [0.2, 0.25) is 0 Å². The number of ether oxygens (including phenoxy) is 1. The second-order valence-electron chi connectivity index (χ2n) is 6.23. The van der Waals surface area contributed by atoms with Crippen LogP contribution >= 0.6 is 0 Å². The summed E-state index contributed by atoms with van der Waals surface area (Å²) in [5.41, 5.74) is 0.998. The molecule has 0 heterocycles. The number of nitrogens with one attached hydrogen (secondary N) is 1. The van der Waals surface area contributed by atoms with Crippen molar-refractivity contribution in [2.45, 2.75) is 26.4 Å². The first-order valence-corrected chi connectivity index (χ1v) is 7.58. The molecule has 0 spiro atoms. The maximum atomic E-state index is 11.8. The molecule has 0 radical (unpaired) electrons. The predicted octanol–water partition coefficient (Wildman–Crippen LogP) is 5.15. The topological polar surface area (TPSA) is 100 Å². The minimum atomic E-state index is -1.03. The van der Waals surface area contributed by atoms with Crippen molar-refractivity contribution in [3.05, 3.63) is 54.1 Å². The van der Waals surface area contributed by atoms with Gasteiger partial charge in [-0.25, -0.2) is 9.59 Å². The highest BCUT2D eigenvalue weighted by Crippen LogP contribution is 2.22. The van der Waals surface area contributed by atoms with Crippen LogP contribution in [-0.2, 0) is 4.74 Å². The number of carbonyl (C=O) groups is 2. The lowest BCUT2D eigenvalue weighted by Gasteiger charge is -2.19. The lowest BCUT2D eigenvalue weighted by atomic mass is 10.2. The molecule has 0 bridgehead atoms. The van der Waals surface area contributed by atoms with Crippen LogP contribution in [0.25, 0.3) is 0 Å². The fourth-order valence-electron chi connectivity index (χ4n) is 1.88. The summed E-state index contributed by atoms with van der Waals surface area (Å²) < 4.78 is 5.19. The van der Waals surface area contributed by atoms with E-state index in [2.05, 4.69) is 15.5 Å². The van der Waals surface area contributed by atoms with Crippen molar-refractivity contribution in [3.8, 4) is 0 Å². The number of hydrogen-bond donors (Lipinski definition) is 2. The molecule has 2 rings (SSSR count). The number of azo groups is 1. The maximum absolute atomic E-state index is 11.8. The Hall–Kier alpha value is -3.22. The molecule has 1 amide bonds. The molecule has 0 saturated heterocycles. The molecule has 0 saturated carbocycles. The van der Waals surface area contributed by atoms with Crippen LogP contribution in [0, 0.1) is 0 Å². The van der Waals surface area contributed by atoms with Gasteiger partial charge in [0.2, 0.25) is 0 Å². The molecule has 0 aliphatic heterocycles. The second kappa shape index (κ2) is 7.57. The van der Waals surface area contributed by atoms with Crippen LogP contribution in [-0.4, -0.2) is 22.8 Å². The largest absolute Gasteiger partial charge is 0.478 e. The molecule has 0 aliphatic carbocycles. The summed E-state index contributed by atoms with van der Waals surface area (Å²) >= 11 is 0. The van der Waals surface area contributed by atoms with Gasteiger partial charge in [0.25, 0.3) is 0 Å². The number of anilines is 1. The number of benzene rings is 2. The van der Waals surface area contributed by atoms with E-state index in [9.17, 15) is 9.59 Å². The molecule has 0 aliphatic rings. The maximum Gasteiger partial charge on any atom is 0.412 e. The van der Waals surface area contributed by atoms with E-state index in [0.29, 0.717) is 17.1 Å². The van der Waals surface area contributed by atoms with Gasteiger partial charge in [-0.2, -0.15) is 10.2 Å². The number of amides is 1. The van der Waals surface area contributed by atoms with Crippen molar-refractivity contribution in [2.75, 3.05) is 5.32 Å². The third-order valence-corrected chi connectivity index (χ3v) is 2.87. The third-order valence-electron chi connectivity index (χ3n) is 2.87. The molecular formula is C18H19N3O4. The van der Waals surface area contributed by atoms with Crippen LogP contribution in [0.5, 0.6) is 0 Å². The van der Waals surface area contributed by atoms with E-state index >= 15 is 0 Å². The van der Waals surface area contributed by atoms with E-state index in [0.717, 1.165) is 0 Å². The molecule has 0 unspecified atom stereocenters. The van der Waals surface area contributed by atoms with Gasteiger partial charge in [0.05, 0.1) is 16.9 Å². The summed E-state index contributed by atoms with van der Waals surface area (Å²) in [6.07, 6.45) is -0.559. The highest BCUT2D eigenvalue weighted by atomic mass is 16.6. The fraction of sp³-hybridized carbons (Fsp3) is 0.222. The summed E-state index contributed by atoms with van der Waals surface area (Å²) in [5.74, 6) is -1.03. The summed E-state index contributed by atoms with van der Waals surface area (Å²) in [4.78, 5) is 22.7. The van der Waals surface area contributed by atoms with Gasteiger partial charge in [0, 0.05) is 5.69 Å². The SMILES string of the molecule is CC(C)(C)OC(=O)Nc1cccc(N=Nc2cccc(C(=O)O)c2)c1. The molecular weight excluding hydrogens is 322 g/mol. The van der Waals surface area contributed by atoms with Crippen LogP contribution in [0.4, 0.5) is 21.9 Å². The number of hydrogen-bond acceptors (Lipinski definition) is 5. The smallest absolute Gasteiger partial charge is 0.412 e. The number of nitrogens with zero attached hydrogens (tertiary/aromatic N) is 2. The molecule has 130 valence electrons.